The molecular formula is C15H20N2O2. The molecule has 2 unspecified atom stereocenters. The Kier molecular flexibility index (Phi) is 3.19. The van der Waals surface area contributed by atoms with E-state index in [-0.39, 0.29) is 17.9 Å². The van der Waals surface area contributed by atoms with Crippen LogP contribution in [-0.2, 0) is 4.79 Å². The molecule has 2 atom stereocenters. The van der Waals surface area contributed by atoms with E-state index in [1.165, 1.54) is 5.56 Å². The number of hydrogen-bond donors (Lipinski definition) is 2. The summed E-state index contributed by atoms with van der Waals surface area (Å²) in [6.07, 6.45) is 1.18. The van der Waals surface area contributed by atoms with Gasteiger partial charge >= 0.3 is 0 Å². The van der Waals surface area contributed by atoms with Crippen molar-refractivity contribution in [2.45, 2.75) is 32.3 Å². The van der Waals surface area contributed by atoms with E-state index < -0.39 is 0 Å². The molecule has 1 amide bonds. The number of rotatable bonds is 2. The van der Waals surface area contributed by atoms with Crippen molar-refractivity contribution in [2.24, 2.45) is 5.92 Å². The number of piperidine rings is 1. The van der Waals surface area contributed by atoms with Crippen molar-refractivity contribution in [2.75, 3.05) is 18.4 Å². The number of carbonyl (C=O) groups is 1. The number of benzene rings is 1. The predicted molar refractivity (Wildman–Crippen MR) is 74.6 cm³/mol. The first-order valence-corrected chi connectivity index (χ1v) is 6.97. The van der Waals surface area contributed by atoms with E-state index in [4.69, 9.17) is 4.74 Å². The Labute approximate surface area is 113 Å². The van der Waals surface area contributed by atoms with Crippen molar-refractivity contribution in [3.8, 4) is 5.75 Å². The smallest absolute Gasteiger partial charge is 0.229 e. The number of carbonyl (C=O) groups excluding carboxylic acids is 1. The van der Waals surface area contributed by atoms with Crippen molar-refractivity contribution < 1.29 is 9.53 Å². The molecule has 2 N–H and O–H groups in total. The Balaban J connectivity index is 1.96. The molecular weight excluding hydrogens is 240 g/mol. The molecule has 1 aromatic carbocycles. The topological polar surface area (TPSA) is 50.4 Å². The monoisotopic (exact) mass is 260 g/mol. The summed E-state index contributed by atoms with van der Waals surface area (Å²) in [7, 11) is 0. The van der Waals surface area contributed by atoms with Crippen LogP contribution in [0.5, 0.6) is 5.75 Å². The lowest BCUT2D eigenvalue weighted by Gasteiger charge is -2.36. The average Bonchev–Trinajstić information content (AvgIpc) is 2.39. The lowest BCUT2D eigenvalue weighted by Crippen LogP contribution is -2.44. The molecule has 4 nitrogen and oxygen atoms in total. The number of fused-ring (bicyclic) bond motifs is 3. The molecule has 0 bridgehead atoms. The van der Waals surface area contributed by atoms with Gasteiger partial charge in [-0.15, -0.1) is 0 Å². The second kappa shape index (κ2) is 4.85. The maximum Gasteiger partial charge on any atom is 0.229 e. The summed E-state index contributed by atoms with van der Waals surface area (Å²) < 4.78 is 5.76. The maximum absolute atomic E-state index is 12.1. The van der Waals surface area contributed by atoms with Gasteiger partial charge in [0, 0.05) is 18.2 Å². The van der Waals surface area contributed by atoms with Crippen LogP contribution in [0.4, 0.5) is 5.69 Å². The predicted octanol–water partition coefficient (Wildman–Crippen LogP) is 2.12. The van der Waals surface area contributed by atoms with Gasteiger partial charge in [-0.25, -0.2) is 0 Å². The molecule has 4 heteroatoms. The summed E-state index contributed by atoms with van der Waals surface area (Å²) in [5, 5.41) is 6.31. The SMILES string of the molecule is CC(C)Oc1ccc2c(c1)C1CCNCC1C(=O)N2. The molecule has 19 heavy (non-hydrogen) atoms. The minimum atomic E-state index is 0.0514. The first-order valence-electron chi connectivity index (χ1n) is 6.97. The Hall–Kier alpha value is -1.55. The van der Waals surface area contributed by atoms with Gasteiger partial charge in [0.15, 0.2) is 0 Å². The van der Waals surface area contributed by atoms with E-state index in [0.29, 0.717) is 5.92 Å². The number of anilines is 1. The fourth-order valence-corrected chi connectivity index (χ4v) is 3.04. The molecule has 0 radical (unpaired) electrons. The molecule has 2 aliphatic rings. The maximum atomic E-state index is 12.1. The molecule has 1 aromatic rings. The van der Waals surface area contributed by atoms with E-state index in [0.717, 1.165) is 30.9 Å². The van der Waals surface area contributed by atoms with Crippen LogP contribution >= 0.6 is 0 Å². The third-order valence-corrected chi connectivity index (χ3v) is 3.87. The fourth-order valence-electron chi connectivity index (χ4n) is 3.04. The summed E-state index contributed by atoms with van der Waals surface area (Å²) in [5.41, 5.74) is 2.17. The lowest BCUT2D eigenvalue weighted by atomic mass is 9.77. The summed E-state index contributed by atoms with van der Waals surface area (Å²) >= 11 is 0. The molecule has 1 saturated heterocycles. The lowest BCUT2D eigenvalue weighted by molar-refractivity contribution is -0.121. The van der Waals surface area contributed by atoms with Gasteiger partial charge < -0.3 is 15.4 Å². The van der Waals surface area contributed by atoms with Crippen molar-refractivity contribution in [3.63, 3.8) is 0 Å². The van der Waals surface area contributed by atoms with Crippen LogP contribution in [0.1, 0.15) is 31.7 Å². The molecule has 3 rings (SSSR count). The Morgan fingerprint density at radius 2 is 2.16 bits per heavy atom. The molecule has 102 valence electrons. The van der Waals surface area contributed by atoms with Crippen LogP contribution in [0.25, 0.3) is 0 Å². The normalized spacial score (nSPS) is 25.5. The zero-order valence-electron chi connectivity index (χ0n) is 11.4. The average molecular weight is 260 g/mol. The summed E-state index contributed by atoms with van der Waals surface area (Å²) in [6, 6.07) is 5.99. The highest BCUT2D eigenvalue weighted by Crippen LogP contribution is 2.41. The molecule has 0 aromatic heterocycles. The summed E-state index contributed by atoms with van der Waals surface area (Å²) in [4.78, 5) is 12.1. The number of hydrogen-bond acceptors (Lipinski definition) is 3. The first-order chi connectivity index (χ1) is 9.15. The molecule has 0 aliphatic carbocycles. The number of amides is 1. The summed E-state index contributed by atoms with van der Waals surface area (Å²) in [6.45, 7) is 5.79. The standard InChI is InChI=1S/C15H20N2O2/c1-9(2)19-10-3-4-14-12(7-10)11-5-6-16-8-13(11)15(18)17-14/h3-4,7,9,11,13,16H,5-6,8H2,1-2H3,(H,17,18). The van der Waals surface area contributed by atoms with E-state index in [1.807, 2.05) is 26.0 Å². The van der Waals surface area contributed by atoms with Gasteiger partial charge in [0.2, 0.25) is 5.91 Å². The van der Waals surface area contributed by atoms with E-state index >= 15 is 0 Å². The van der Waals surface area contributed by atoms with Gasteiger partial charge in [0.05, 0.1) is 12.0 Å². The van der Waals surface area contributed by atoms with Gasteiger partial charge in [0.1, 0.15) is 5.75 Å². The fraction of sp³-hybridized carbons (Fsp3) is 0.533. The molecule has 0 saturated carbocycles. The van der Waals surface area contributed by atoms with Gasteiger partial charge in [-0.05, 0) is 50.6 Å². The van der Waals surface area contributed by atoms with Gasteiger partial charge in [-0.1, -0.05) is 0 Å². The van der Waals surface area contributed by atoms with Crippen LogP contribution in [0.2, 0.25) is 0 Å². The largest absolute Gasteiger partial charge is 0.491 e. The van der Waals surface area contributed by atoms with Crippen molar-refractivity contribution in [1.29, 1.82) is 0 Å². The van der Waals surface area contributed by atoms with Crippen molar-refractivity contribution in [1.82, 2.24) is 5.32 Å². The van der Waals surface area contributed by atoms with Gasteiger partial charge in [0.25, 0.3) is 0 Å². The van der Waals surface area contributed by atoms with Crippen LogP contribution in [-0.4, -0.2) is 25.1 Å². The molecule has 2 heterocycles. The molecule has 0 spiro atoms. The van der Waals surface area contributed by atoms with Crippen molar-refractivity contribution in [3.05, 3.63) is 23.8 Å². The highest BCUT2D eigenvalue weighted by atomic mass is 16.5. The Morgan fingerprint density at radius 1 is 1.32 bits per heavy atom. The summed E-state index contributed by atoms with van der Waals surface area (Å²) in [5.74, 6) is 1.40. The minimum absolute atomic E-state index is 0.0514. The third kappa shape index (κ3) is 2.32. The van der Waals surface area contributed by atoms with E-state index in [1.54, 1.807) is 0 Å². The second-order valence-corrected chi connectivity index (χ2v) is 5.61. The number of nitrogens with one attached hydrogen (secondary N) is 2. The second-order valence-electron chi connectivity index (χ2n) is 5.61. The Bertz CT molecular complexity index is 499. The van der Waals surface area contributed by atoms with E-state index in [2.05, 4.69) is 16.7 Å². The first kappa shape index (κ1) is 12.5. The van der Waals surface area contributed by atoms with Crippen LogP contribution in [0, 0.1) is 5.92 Å². The van der Waals surface area contributed by atoms with Crippen LogP contribution in [0.3, 0.4) is 0 Å². The van der Waals surface area contributed by atoms with Gasteiger partial charge in [-0.2, -0.15) is 0 Å². The molecule has 1 fully saturated rings. The van der Waals surface area contributed by atoms with Crippen molar-refractivity contribution >= 4 is 11.6 Å². The highest BCUT2D eigenvalue weighted by Gasteiger charge is 2.37. The highest BCUT2D eigenvalue weighted by molar-refractivity contribution is 5.97. The Morgan fingerprint density at radius 3 is 2.95 bits per heavy atom. The third-order valence-electron chi connectivity index (χ3n) is 3.87. The minimum Gasteiger partial charge on any atom is -0.491 e. The van der Waals surface area contributed by atoms with E-state index in [9.17, 15) is 4.79 Å². The van der Waals surface area contributed by atoms with Gasteiger partial charge in [-0.3, -0.25) is 4.79 Å². The quantitative estimate of drug-likeness (QED) is 0.856. The van der Waals surface area contributed by atoms with Crippen LogP contribution < -0.4 is 15.4 Å². The number of ether oxygens (including phenoxy) is 1. The van der Waals surface area contributed by atoms with Crippen LogP contribution in [0.15, 0.2) is 18.2 Å². The zero-order valence-corrected chi connectivity index (χ0v) is 11.4. The molecule has 2 aliphatic heterocycles. The zero-order chi connectivity index (χ0) is 13.4.